The van der Waals surface area contributed by atoms with Gasteiger partial charge in [0.25, 0.3) is 0 Å². The Kier molecular flexibility index (Phi) is 3.38. The first-order valence-electron chi connectivity index (χ1n) is 6.49. The van der Waals surface area contributed by atoms with Crippen molar-refractivity contribution in [2.45, 2.75) is 32.6 Å². The van der Waals surface area contributed by atoms with E-state index >= 15 is 0 Å². The Morgan fingerprint density at radius 2 is 2.11 bits per heavy atom. The largest absolute Gasteiger partial charge is 0.383 e. The fraction of sp³-hybridized carbons (Fsp3) is 0.538. The Bertz CT molecular complexity index is 575. The maximum absolute atomic E-state index is 5.97. The highest BCUT2D eigenvalue weighted by Gasteiger charge is 2.23. The van der Waals surface area contributed by atoms with Crippen molar-refractivity contribution in [1.29, 1.82) is 0 Å². The summed E-state index contributed by atoms with van der Waals surface area (Å²) in [4.78, 5) is 12.3. The number of nitrogen functional groups attached to an aromatic ring is 1. The molecule has 0 aromatic carbocycles. The highest BCUT2D eigenvalue weighted by Crippen LogP contribution is 2.23. The number of nitrogens with two attached hydrogens (primary N) is 1. The zero-order valence-electron chi connectivity index (χ0n) is 11.2. The van der Waals surface area contributed by atoms with Crippen molar-refractivity contribution in [2.75, 3.05) is 18.8 Å². The molecule has 5 nitrogen and oxygen atoms in total. The van der Waals surface area contributed by atoms with E-state index in [4.69, 9.17) is 10.5 Å². The van der Waals surface area contributed by atoms with Crippen molar-refractivity contribution in [3.05, 3.63) is 17.3 Å². The Morgan fingerprint density at radius 3 is 2.84 bits per heavy atom. The Morgan fingerprint density at radius 1 is 1.37 bits per heavy atom. The van der Waals surface area contributed by atoms with E-state index in [1.54, 1.807) is 11.3 Å². The van der Waals surface area contributed by atoms with Gasteiger partial charge in [-0.1, -0.05) is 0 Å². The predicted octanol–water partition coefficient (Wildman–Crippen LogP) is 1.88. The monoisotopic (exact) mass is 278 g/mol. The topological polar surface area (TPSA) is 64.3 Å². The SMILES string of the molecule is CC1CN(Cc2nc(N)c3ccsc3n2)CC(C)O1. The Balaban J connectivity index is 1.80. The molecule has 1 saturated heterocycles. The summed E-state index contributed by atoms with van der Waals surface area (Å²) >= 11 is 1.60. The molecule has 0 saturated carbocycles. The lowest BCUT2D eigenvalue weighted by Gasteiger charge is -2.34. The fourth-order valence-corrected chi connectivity index (χ4v) is 3.40. The van der Waals surface area contributed by atoms with Crippen LogP contribution in [0.3, 0.4) is 0 Å². The number of nitrogens with zero attached hydrogens (tertiary/aromatic N) is 3. The van der Waals surface area contributed by atoms with Crippen LogP contribution in [0.1, 0.15) is 19.7 Å². The molecule has 0 radical (unpaired) electrons. The number of hydrogen-bond donors (Lipinski definition) is 1. The summed E-state index contributed by atoms with van der Waals surface area (Å²) in [5.41, 5.74) is 5.97. The molecule has 2 aromatic heterocycles. The minimum Gasteiger partial charge on any atom is -0.383 e. The maximum Gasteiger partial charge on any atom is 0.146 e. The Hall–Kier alpha value is -1.24. The lowest BCUT2D eigenvalue weighted by Crippen LogP contribution is -2.45. The second-order valence-electron chi connectivity index (χ2n) is 5.12. The molecule has 0 amide bonds. The summed E-state index contributed by atoms with van der Waals surface area (Å²) in [6.45, 7) is 6.75. The number of aromatic nitrogens is 2. The van der Waals surface area contributed by atoms with Gasteiger partial charge in [-0.3, -0.25) is 4.90 Å². The zero-order valence-corrected chi connectivity index (χ0v) is 12.0. The molecule has 6 heteroatoms. The quantitative estimate of drug-likeness (QED) is 0.908. The molecular weight excluding hydrogens is 260 g/mol. The average Bonchev–Trinajstić information content (AvgIpc) is 2.75. The lowest BCUT2D eigenvalue weighted by atomic mass is 10.2. The van der Waals surface area contributed by atoms with Crippen LogP contribution < -0.4 is 5.73 Å². The van der Waals surface area contributed by atoms with Gasteiger partial charge in [-0.2, -0.15) is 0 Å². The van der Waals surface area contributed by atoms with Crippen molar-refractivity contribution in [3.8, 4) is 0 Å². The van der Waals surface area contributed by atoms with E-state index in [0.717, 1.165) is 35.7 Å². The van der Waals surface area contributed by atoms with Gasteiger partial charge in [0.05, 0.1) is 24.1 Å². The standard InChI is InChI=1S/C13H18N4OS/c1-8-5-17(6-9(2)18-8)7-11-15-12(14)10-3-4-19-13(10)16-11/h3-4,8-9H,5-7H2,1-2H3,(H2,14,15,16). The first kappa shape index (κ1) is 12.8. The molecule has 2 N–H and O–H groups in total. The molecule has 0 spiro atoms. The van der Waals surface area contributed by atoms with E-state index < -0.39 is 0 Å². The molecule has 0 aliphatic carbocycles. The van der Waals surface area contributed by atoms with Crippen LogP contribution >= 0.6 is 11.3 Å². The van der Waals surface area contributed by atoms with Gasteiger partial charge in [0, 0.05) is 13.1 Å². The minimum atomic E-state index is 0.256. The van der Waals surface area contributed by atoms with Gasteiger partial charge in [0.2, 0.25) is 0 Å². The van der Waals surface area contributed by atoms with Gasteiger partial charge < -0.3 is 10.5 Å². The van der Waals surface area contributed by atoms with Gasteiger partial charge in [0.1, 0.15) is 16.5 Å². The van der Waals surface area contributed by atoms with Crippen LogP contribution in [0.4, 0.5) is 5.82 Å². The summed E-state index contributed by atoms with van der Waals surface area (Å²) in [5, 5.41) is 2.95. The van der Waals surface area contributed by atoms with E-state index in [1.165, 1.54) is 0 Å². The molecule has 0 bridgehead atoms. The Labute approximate surface area is 116 Å². The van der Waals surface area contributed by atoms with E-state index in [9.17, 15) is 0 Å². The number of hydrogen-bond acceptors (Lipinski definition) is 6. The molecule has 102 valence electrons. The van der Waals surface area contributed by atoms with Gasteiger partial charge >= 0.3 is 0 Å². The van der Waals surface area contributed by atoms with Crippen LogP contribution in [0.2, 0.25) is 0 Å². The highest BCUT2D eigenvalue weighted by molar-refractivity contribution is 7.16. The molecule has 19 heavy (non-hydrogen) atoms. The fourth-order valence-electron chi connectivity index (χ4n) is 2.61. The van der Waals surface area contributed by atoms with Crippen molar-refractivity contribution in [3.63, 3.8) is 0 Å². The van der Waals surface area contributed by atoms with E-state index in [0.29, 0.717) is 5.82 Å². The number of ether oxygens (including phenoxy) is 1. The van der Waals surface area contributed by atoms with Crippen LogP contribution in [-0.4, -0.2) is 40.2 Å². The number of morpholine rings is 1. The number of anilines is 1. The number of rotatable bonds is 2. The normalized spacial score (nSPS) is 24.9. The van der Waals surface area contributed by atoms with Crippen molar-refractivity contribution in [1.82, 2.24) is 14.9 Å². The zero-order chi connectivity index (χ0) is 13.4. The molecule has 3 heterocycles. The lowest BCUT2D eigenvalue weighted by molar-refractivity contribution is -0.0710. The molecule has 1 aliphatic rings. The van der Waals surface area contributed by atoms with Crippen LogP contribution in [0, 0.1) is 0 Å². The minimum absolute atomic E-state index is 0.256. The summed E-state index contributed by atoms with van der Waals surface area (Å²) in [7, 11) is 0. The second-order valence-corrected chi connectivity index (χ2v) is 6.01. The van der Waals surface area contributed by atoms with Gasteiger partial charge in [-0.15, -0.1) is 11.3 Å². The van der Waals surface area contributed by atoms with Crippen molar-refractivity contribution >= 4 is 27.4 Å². The molecule has 1 aliphatic heterocycles. The summed E-state index contributed by atoms with van der Waals surface area (Å²) in [6.07, 6.45) is 0.512. The van der Waals surface area contributed by atoms with E-state index in [2.05, 4.69) is 28.7 Å². The van der Waals surface area contributed by atoms with Crippen LogP contribution in [0.15, 0.2) is 11.4 Å². The molecule has 2 atom stereocenters. The maximum atomic E-state index is 5.97. The van der Waals surface area contributed by atoms with E-state index in [1.807, 2.05) is 11.4 Å². The smallest absolute Gasteiger partial charge is 0.146 e. The third-order valence-corrected chi connectivity index (χ3v) is 4.07. The van der Waals surface area contributed by atoms with Gasteiger partial charge in [-0.05, 0) is 25.3 Å². The third-order valence-electron chi connectivity index (χ3n) is 3.26. The molecule has 2 unspecified atom stereocenters. The van der Waals surface area contributed by atoms with E-state index in [-0.39, 0.29) is 12.2 Å². The predicted molar refractivity (Wildman–Crippen MR) is 77.1 cm³/mol. The third kappa shape index (κ3) is 2.70. The number of fused-ring (bicyclic) bond motifs is 1. The van der Waals surface area contributed by atoms with Crippen LogP contribution in [0.25, 0.3) is 10.2 Å². The van der Waals surface area contributed by atoms with Gasteiger partial charge in [0.15, 0.2) is 0 Å². The average molecular weight is 278 g/mol. The van der Waals surface area contributed by atoms with Crippen molar-refractivity contribution < 1.29 is 4.74 Å². The summed E-state index contributed by atoms with van der Waals surface area (Å²) in [6, 6.07) is 1.97. The molecular formula is C13H18N4OS. The summed E-state index contributed by atoms with van der Waals surface area (Å²) in [5.74, 6) is 1.38. The first-order chi connectivity index (χ1) is 9.11. The molecule has 1 fully saturated rings. The first-order valence-corrected chi connectivity index (χ1v) is 7.37. The van der Waals surface area contributed by atoms with Crippen molar-refractivity contribution in [2.24, 2.45) is 0 Å². The number of thiophene rings is 1. The second kappa shape index (κ2) is 5.03. The summed E-state index contributed by atoms with van der Waals surface area (Å²) < 4.78 is 5.73. The van der Waals surface area contributed by atoms with Gasteiger partial charge in [-0.25, -0.2) is 9.97 Å². The highest BCUT2D eigenvalue weighted by atomic mass is 32.1. The van der Waals surface area contributed by atoms with Crippen LogP contribution in [0.5, 0.6) is 0 Å². The molecule has 2 aromatic rings. The van der Waals surface area contributed by atoms with Crippen LogP contribution in [-0.2, 0) is 11.3 Å². The molecule has 3 rings (SSSR count).